The highest BCUT2D eigenvalue weighted by molar-refractivity contribution is 7.17. The summed E-state index contributed by atoms with van der Waals surface area (Å²) in [4.78, 5) is 31.3. The van der Waals surface area contributed by atoms with Gasteiger partial charge in [0.05, 0.1) is 34.4 Å². The molecule has 0 aliphatic carbocycles. The van der Waals surface area contributed by atoms with E-state index in [9.17, 15) is 35.9 Å². The monoisotopic (exact) mass is 526 g/mol. The van der Waals surface area contributed by atoms with Crippen molar-refractivity contribution in [3.05, 3.63) is 22.6 Å². The van der Waals surface area contributed by atoms with Crippen molar-refractivity contribution in [3.63, 3.8) is 0 Å². The number of hydrogen-bond donors (Lipinski definition) is 1. The van der Waals surface area contributed by atoms with Crippen molar-refractivity contribution < 1.29 is 45.4 Å². The van der Waals surface area contributed by atoms with E-state index in [-0.39, 0.29) is 60.6 Å². The minimum absolute atomic E-state index is 0.0406. The summed E-state index contributed by atoms with van der Waals surface area (Å²) in [6, 6.07) is 0.944. The lowest BCUT2D eigenvalue weighted by Crippen LogP contribution is -2.57. The smallest absolute Gasteiger partial charge is 0.446 e. The van der Waals surface area contributed by atoms with Crippen molar-refractivity contribution in [1.29, 1.82) is 0 Å². The number of carbonyl (C=O) groups excluding carboxylic acids is 2. The first-order valence-corrected chi connectivity index (χ1v) is 11.4. The van der Waals surface area contributed by atoms with Gasteiger partial charge in [0.2, 0.25) is 0 Å². The van der Waals surface area contributed by atoms with Crippen LogP contribution in [0.15, 0.2) is 11.4 Å². The maximum atomic E-state index is 13.7. The largest absolute Gasteiger partial charge is 0.522 e. The fraction of sp³-hybridized carbons (Fsp3) is 0.550. The lowest BCUT2D eigenvalue weighted by molar-refractivity contribution is -0.353. The number of halogens is 6. The van der Waals surface area contributed by atoms with Gasteiger partial charge in [0.1, 0.15) is 18.0 Å². The van der Waals surface area contributed by atoms with Gasteiger partial charge >= 0.3 is 18.6 Å². The minimum Gasteiger partial charge on any atom is -0.446 e. The highest BCUT2D eigenvalue weighted by Gasteiger charge is 2.42. The Morgan fingerprint density at radius 1 is 1.11 bits per heavy atom. The van der Waals surface area contributed by atoms with Crippen LogP contribution >= 0.6 is 11.3 Å². The molecule has 2 aliphatic heterocycles. The zero-order valence-electron chi connectivity index (χ0n) is 18.2. The average Bonchev–Trinajstić information content (AvgIpc) is 3.17. The van der Waals surface area contributed by atoms with E-state index in [2.05, 4.69) is 15.0 Å². The van der Waals surface area contributed by atoms with E-state index in [1.165, 1.54) is 12.4 Å². The molecule has 2 aliphatic rings. The number of likely N-dealkylation sites (tertiary alicyclic amines) is 1. The van der Waals surface area contributed by atoms with Crippen LogP contribution in [-0.2, 0) is 15.7 Å². The third-order valence-electron chi connectivity index (χ3n) is 5.73. The van der Waals surface area contributed by atoms with Crippen molar-refractivity contribution in [3.8, 4) is 0 Å². The predicted molar refractivity (Wildman–Crippen MR) is 112 cm³/mol. The fourth-order valence-electron chi connectivity index (χ4n) is 3.93. The van der Waals surface area contributed by atoms with Crippen molar-refractivity contribution >= 4 is 39.4 Å². The standard InChI is InChI=1S/C20H20F6N4O4S/c1-27-17(31)12-9-35-16-13(19(21,22)23)6-14(28-15(12)16)29-4-2-10(3-5-29)33-18(32)30-7-11(8-30)34-20(24,25)26/h6,9-11H,2-5,7-8H2,1H3,(H,27,31). The number of alkyl halides is 6. The number of amides is 2. The van der Waals surface area contributed by atoms with Gasteiger partial charge in [0.15, 0.2) is 0 Å². The summed E-state index contributed by atoms with van der Waals surface area (Å²) in [5, 5.41) is 3.72. The van der Waals surface area contributed by atoms with E-state index >= 15 is 0 Å². The molecule has 2 fully saturated rings. The van der Waals surface area contributed by atoms with Crippen molar-refractivity contribution in [2.24, 2.45) is 0 Å². The van der Waals surface area contributed by atoms with Gasteiger partial charge < -0.3 is 19.9 Å². The Bertz CT molecular complexity index is 1110. The Morgan fingerprint density at radius 3 is 2.34 bits per heavy atom. The second-order valence-electron chi connectivity index (χ2n) is 8.09. The lowest BCUT2D eigenvalue weighted by Gasteiger charge is -2.39. The Morgan fingerprint density at radius 2 is 1.77 bits per heavy atom. The maximum absolute atomic E-state index is 13.7. The number of thiophene rings is 1. The predicted octanol–water partition coefficient (Wildman–Crippen LogP) is 4.00. The van der Waals surface area contributed by atoms with Gasteiger partial charge in [0, 0.05) is 38.4 Å². The van der Waals surface area contributed by atoms with Crippen molar-refractivity contribution in [2.75, 3.05) is 38.1 Å². The average molecular weight is 526 g/mol. The number of fused-ring (bicyclic) bond motifs is 1. The molecule has 8 nitrogen and oxygen atoms in total. The molecule has 0 spiro atoms. The molecule has 0 atom stereocenters. The molecule has 0 unspecified atom stereocenters. The first kappa shape index (κ1) is 25.3. The van der Waals surface area contributed by atoms with Gasteiger partial charge in [-0.1, -0.05) is 0 Å². The zero-order valence-corrected chi connectivity index (χ0v) is 19.0. The molecule has 0 aromatic carbocycles. The Kier molecular flexibility index (Phi) is 6.74. The normalized spacial score (nSPS) is 18.0. The number of nitrogens with one attached hydrogen (secondary N) is 1. The van der Waals surface area contributed by atoms with Crippen LogP contribution in [0.25, 0.3) is 10.2 Å². The third-order valence-corrected chi connectivity index (χ3v) is 6.73. The quantitative estimate of drug-likeness (QED) is 0.607. The number of nitrogens with zero attached hydrogens (tertiary/aromatic N) is 3. The summed E-state index contributed by atoms with van der Waals surface area (Å²) in [7, 11) is 1.37. The molecule has 0 bridgehead atoms. The Labute approximate surface area is 198 Å². The van der Waals surface area contributed by atoms with Crippen LogP contribution in [0.5, 0.6) is 0 Å². The highest BCUT2D eigenvalue weighted by Crippen LogP contribution is 2.40. The fourth-order valence-corrected chi connectivity index (χ4v) is 4.96. The first-order valence-electron chi connectivity index (χ1n) is 10.5. The van der Waals surface area contributed by atoms with E-state index in [1.807, 2.05) is 0 Å². The van der Waals surface area contributed by atoms with E-state index < -0.39 is 42.3 Å². The van der Waals surface area contributed by atoms with Gasteiger partial charge in [0.25, 0.3) is 5.91 Å². The first-order chi connectivity index (χ1) is 16.4. The maximum Gasteiger partial charge on any atom is 0.522 e. The second-order valence-corrected chi connectivity index (χ2v) is 8.97. The number of hydrogen-bond acceptors (Lipinski definition) is 7. The summed E-state index contributed by atoms with van der Waals surface area (Å²) >= 11 is 0.792. The molecule has 1 N–H and O–H groups in total. The van der Waals surface area contributed by atoms with E-state index in [0.717, 1.165) is 22.3 Å². The molecule has 2 aromatic heterocycles. The van der Waals surface area contributed by atoms with Crippen molar-refractivity contribution in [2.45, 2.75) is 37.6 Å². The Balaban J connectivity index is 1.41. The molecule has 35 heavy (non-hydrogen) atoms. The number of anilines is 1. The molecule has 4 heterocycles. The summed E-state index contributed by atoms with van der Waals surface area (Å²) in [5.41, 5.74) is -0.883. The number of piperidine rings is 1. The number of ether oxygens (including phenoxy) is 2. The molecular formula is C20H20F6N4O4S. The van der Waals surface area contributed by atoms with E-state index in [1.54, 1.807) is 4.90 Å². The third kappa shape index (κ3) is 5.55. The van der Waals surface area contributed by atoms with E-state index in [4.69, 9.17) is 4.74 Å². The van der Waals surface area contributed by atoms with Crippen LogP contribution < -0.4 is 10.2 Å². The minimum atomic E-state index is -4.78. The van der Waals surface area contributed by atoms with Crippen LogP contribution in [0.1, 0.15) is 28.8 Å². The van der Waals surface area contributed by atoms with Crippen LogP contribution in [-0.4, -0.2) is 73.7 Å². The van der Waals surface area contributed by atoms with Crippen LogP contribution in [0.4, 0.5) is 37.0 Å². The number of pyridine rings is 1. The van der Waals surface area contributed by atoms with Gasteiger partial charge in [-0.2, -0.15) is 13.2 Å². The summed E-state index contributed by atoms with van der Waals surface area (Å²) in [5.74, 6) is -0.499. The molecular weight excluding hydrogens is 506 g/mol. The number of carbonyl (C=O) groups is 2. The van der Waals surface area contributed by atoms with Gasteiger partial charge in [-0.15, -0.1) is 24.5 Å². The molecule has 192 valence electrons. The zero-order chi connectivity index (χ0) is 25.5. The molecule has 2 saturated heterocycles. The number of aromatic nitrogens is 1. The summed E-state index contributed by atoms with van der Waals surface area (Å²) in [6.07, 6.45) is -11.3. The molecule has 2 amide bonds. The molecule has 2 aromatic rings. The van der Waals surface area contributed by atoms with Crippen LogP contribution in [0.2, 0.25) is 0 Å². The number of rotatable bonds is 4. The van der Waals surface area contributed by atoms with Gasteiger partial charge in [-0.05, 0) is 6.07 Å². The molecule has 15 heteroatoms. The van der Waals surface area contributed by atoms with Crippen LogP contribution in [0, 0.1) is 0 Å². The second kappa shape index (κ2) is 9.33. The van der Waals surface area contributed by atoms with Crippen LogP contribution in [0.3, 0.4) is 0 Å². The van der Waals surface area contributed by atoms with Crippen molar-refractivity contribution in [1.82, 2.24) is 15.2 Å². The SMILES string of the molecule is CNC(=O)c1csc2c(C(F)(F)F)cc(N3CCC(OC(=O)N4CC(OC(F)(F)F)C4)CC3)nc12. The van der Waals surface area contributed by atoms with Gasteiger partial charge in [-0.3, -0.25) is 9.53 Å². The lowest BCUT2D eigenvalue weighted by atomic mass is 10.1. The summed E-state index contributed by atoms with van der Waals surface area (Å²) < 4.78 is 86.8. The molecule has 0 saturated carbocycles. The Hall–Kier alpha value is -2.81. The topological polar surface area (TPSA) is 84.0 Å². The summed E-state index contributed by atoms with van der Waals surface area (Å²) in [6.45, 7) is -0.0225. The molecule has 0 radical (unpaired) electrons. The highest BCUT2D eigenvalue weighted by atomic mass is 32.1. The van der Waals surface area contributed by atoms with Gasteiger partial charge in [-0.25, -0.2) is 9.78 Å². The van der Waals surface area contributed by atoms with E-state index in [0.29, 0.717) is 0 Å². The molecule has 4 rings (SSSR count).